The highest BCUT2D eigenvalue weighted by Gasteiger charge is 2.38. The van der Waals surface area contributed by atoms with Gasteiger partial charge in [-0.1, -0.05) is 0 Å². The number of amides is 2. The highest BCUT2D eigenvalue weighted by atomic mass is 16.5. The van der Waals surface area contributed by atoms with Gasteiger partial charge in [-0.05, 0) is 19.3 Å². The van der Waals surface area contributed by atoms with Crippen LogP contribution in [0.4, 0.5) is 4.79 Å². The van der Waals surface area contributed by atoms with Gasteiger partial charge in [-0.3, -0.25) is 4.79 Å². The number of aliphatic carboxylic acids is 1. The summed E-state index contributed by atoms with van der Waals surface area (Å²) in [5, 5.41) is 14.4. The zero-order chi connectivity index (χ0) is 13.9. The maximum Gasteiger partial charge on any atom is 0.315 e. The van der Waals surface area contributed by atoms with E-state index in [1.165, 1.54) is 0 Å². The van der Waals surface area contributed by atoms with Crippen molar-refractivity contribution < 1.29 is 24.2 Å². The predicted octanol–water partition coefficient (Wildman–Crippen LogP) is -0.0457. The van der Waals surface area contributed by atoms with Crippen molar-refractivity contribution in [2.75, 3.05) is 26.9 Å². The van der Waals surface area contributed by atoms with E-state index < -0.39 is 17.9 Å². The highest BCUT2D eigenvalue weighted by molar-refractivity contribution is 5.77. The number of hydrogen-bond acceptors (Lipinski definition) is 4. The topological polar surface area (TPSA) is 96.9 Å². The van der Waals surface area contributed by atoms with E-state index in [1.807, 2.05) is 0 Å². The fraction of sp³-hybridized carbons (Fsp3) is 0.833. The lowest BCUT2D eigenvalue weighted by Crippen LogP contribution is -2.54. The molecule has 2 aliphatic rings. The molecule has 2 rings (SSSR count). The molecule has 1 aliphatic heterocycles. The molecule has 7 nitrogen and oxygen atoms in total. The number of ether oxygens (including phenoxy) is 2. The molecule has 0 bridgehead atoms. The van der Waals surface area contributed by atoms with Gasteiger partial charge in [0.2, 0.25) is 0 Å². The van der Waals surface area contributed by atoms with Gasteiger partial charge < -0.3 is 25.2 Å². The average molecular weight is 272 g/mol. The van der Waals surface area contributed by atoms with Crippen LogP contribution in [0.3, 0.4) is 0 Å². The summed E-state index contributed by atoms with van der Waals surface area (Å²) in [4.78, 5) is 22.7. The van der Waals surface area contributed by atoms with Gasteiger partial charge in [0, 0.05) is 13.7 Å². The van der Waals surface area contributed by atoms with Crippen molar-refractivity contribution in [3.63, 3.8) is 0 Å². The molecule has 108 valence electrons. The molecule has 2 fully saturated rings. The lowest BCUT2D eigenvalue weighted by molar-refractivity contribution is -0.142. The van der Waals surface area contributed by atoms with Crippen LogP contribution in [0, 0.1) is 5.92 Å². The lowest BCUT2D eigenvalue weighted by atomic mass is 9.80. The number of carboxylic acid groups (broad SMARTS) is 1. The molecule has 2 atom stereocenters. The third kappa shape index (κ3) is 3.16. The lowest BCUT2D eigenvalue weighted by Gasteiger charge is -2.40. The number of carbonyl (C=O) groups excluding carboxylic acids is 1. The first kappa shape index (κ1) is 14.1. The Kier molecular flexibility index (Phi) is 4.26. The fourth-order valence-corrected chi connectivity index (χ4v) is 2.42. The molecule has 2 unspecified atom stereocenters. The number of urea groups is 1. The zero-order valence-corrected chi connectivity index (χ0v) is 11.0. The Hall–Kier alpha value is -1.34. The van der Waals surface area contributed by atoms with Crippen LogP contribution in [-0.4, -0.2) is 55.6 Å². The van der Waals surface area contributed by atoms with Crippen LogP contribution in [0.5, 0.6) is 0 Å². The summed E-state index contributed by atoms with van der Waals surface area (Å²) in [6.45, 7) is 0.822. The summed E-state index contributed by atoms with van der Waals surface area (Å²) in [6.07, 6.45) is 2.98. The van der Waals surface area contributed by atoms with Crippen molar-refractivity contribution >= 4 is 12.0 Å². The summed E-state index contributed by atoms with van der Waals surface area (Å²) in [5.74, 6) is -1.62. The Balaban J connectivity index is 1.76. The Morgan fingerprint density at radius 1 is 1.42 bits per heavy atom. The SMILES string of the molecule is COC1(CNC(=O)NC2COCC2C(=O)O)CCC1. The second-order valence-corrected chi connectivity index (χ2v) is 5.16. The maximum absolute atomic E-state index is 11.7. The van der Waals surface area contributed by atoms with Crippen molar-refractivity contribution in [1.82, 2.24) is 10.6 Å². The molecule has 1 saturated carbocycles. The minimum atomic E-state index is -0.949. The van der Waals surface area contributed by atoms with Crippen LogP contribution in [0.15, 0.2) is 0 Å². The molecule has 19 heavy (non-hydrogen) atoms. The van der Waals surface area contributed by atoms with Crippen LogP contribution >= 0.6 is 0 Å². The van der Waals surface area contributed by atoms with Crippen LogP contribution in [-0.2, 0) is 14.3 Å². The van der Waals surface area contributed by atoms with Gasteiger partial charge in [-0.25, -0.2) is 4.79 Å². The summed E-state index contributed by atoms with van der Waals surface area (Å²) in [7, 11) is 1.64. The van der Waals surface area contributed by atoms with Gasteiger partial charge in [0.05, 0.1) is 24.9 Å². The number of carboxylic acids is 1. The molecular weight excluding hydrogens is 252 g/mol. The molecule has 0 aromatic carbocycles. The molecule has 7 heteroatoms. The first-order chi connectivity index (χ1) is 9.06. The number of hydrogen-bond donors (Lipinski definition) is 3. The summed E-state index contributed by atoms with van der Waals surface area (Å²) < 4.78 is 10.5. The molecule has 3 N–H and O–H groups in total. The molecule has 0 aromatic heterocycles. The van der Waals surface area contributed by atoms with Crippen LogP contribution in [0.25, 0.3) is 0 Å². The molecular formula is C12H20N2O5. The number of rotatable bonds is 5. The van der Waals surface area contributed by atoms with Gasteiger partial charge in [0.15, 0.2) is 0 Å². The molecule has 1 saturated heterocycles. The molecule has 1 aliphatic carbocycles. The summed E-state index contributed by atoms with van der Waals surface area (Å²) in [6, 6.07) is -0.845. The highest BCUT2D eigenvalue weighted by Crippen LogP contribution is 2.34. The van der Waals surface area contributed by atoms with Crippen LogP contribution in [0.2, 0.25) is 0 Å². The van der Waals surface area contributed by atoms with E-state index in [-0.39, 0.29) is 24.8 Å². The third-order valence-corrected chi connectivity index (χ3v) is 3.98. The number of methoxy groups -OCH3 is 1. The number of nitrogens with one attached hydrogen (secondary N) is 2. The van der Waals surface area contributed by atoms with Crippen molar-refractivity contribution in [3.05, 3.63) is 0 Å². The molecule has 0 radical (unpaired) electrons. The zero-order valence-electron chi connectivity index (χ0n) is 11.0. The van der Waals surface area contributed by atoms with E-state index in [0.717, 1.165) is 19.3 Å². The first-order valence-electron chi connectivity index (χ1n) is 6.46. The van der Waals surface area contributed by atoms with E-state index in [2.05, 4.69) is 10.6 Å². The van der Waals surface area contributed by atoms with Gasteiger partial charge in [-0.2, -0.15) is 0 Å². The monoisotopic (exact) mass is 272 g/mol. The van der Waals surface area contributed by atoms with Crippen molar-refractivity contribution in [3.8, 4) is 0 Å². The Morgan fingerprint density at radius 2 is 2.16 bits per heavy atom. The van der Waals surface area contributed by atoms with E-state index in [4.69, 9.17) is 14.6 Å². The second kappa shape index (κ2) is 5.75. The van der Waals surface area contributed by atoms with E-state index in [1.54, 1.807) is 7.11 Å². The van der Waals surface area contributed by atoms with Gasteiger partial charge in [0.1, 0.15) is 5.92 Å². The van der Waals surface area contributed by atoms with Crippen molar-refractivity contribution in [1.29, 1.82) is 0 Å². The minimum Gasteiger partial charge on any atom is -0.481 e. The van der Waals surface area contributed by atoms with Crippen molar-refractivity contribution in [2.24, 2.45) is 5.92 Å². The predicted molar refractivity (Wildman–Crippen MR) is 65.9 cm³/mol. The number of carbonyl (C=O) groups is 2. The second-order valence-electron chi connectivity index (χ2n) is 5.16. The van der Waals surface area contributed by atoms with Gasteiger partial charge in [0.25, 0.3) is 0 Å². The molecule has 0 spiro atoms. The van der Waals surface area contributed by atoms with Crippen LogP contribution < -0.4 is 10.6 Å². The van der Waals surface area contributed by atoms with E-state index in [9.17, 15) is 9.59 Å². The standard InChI is InChI=1S/C12H20N2O5/c1-18-12(3-2-4-12)7-13-11(17)14-9-6-19-5-8(9)10(15)16/h8-9H,2-7H2,1H3,(H,15,16)(H2,13,14,17). The normalized spacial score (nSPS) is 28.5. The fourth-order valence-electron chi connectivity index (χ4n) is 2.42. The molecule has 2 amide bonds. The quantitative estimate of drug-likeness (QED) is 0.652. The Morgan fingerprint density at radius 3 is 2.68 bits per heavy atom. The minimum absolute atomic E-state index is 0.141. The molecule has 0 aromatic rings. The molecule has 1 heterocycles. The maximum atomic E-state index is 11.7. The van der Waals surface area contributed by atoms with Crippen molar-refractivity contribution in [2.45, 2.75) is 30.9 Å². The first-order valence-corrected chi connectivity index (χ1v) is 6.46. The van der Waals surface area contributed by atoms with Gasteiger partial charge in [-0.15, -0.1) is 0 Å². The smallest absolute Gasteiger partial charge is 0.315 e. The Bertz CT molecular complexity index is 351. The third-order valence-electron chi connectivity index (χ3n) is 3.98. The van der Waals surface area contributed by atoms with E-state index in [0.29, 0.717) is 6.54 Å². The van der Waals surface area contributed by atoms with E-state index >= 15 is 0 Å². The average Bonchev–Trinajstić information content (AvgIpc) is 2.76. The summed E-state index contributed by atoms with van der Waals surface area (Å²) >= 11 is 0. The van der Waals surface area contributed by atoms with Crippen LogP contribution in [0.1, 0.15) is 19.3 Å². The summed E-state index contributed by atoms with van der Waals surface area (Å²) in [5.41, 5.74) is -0.240. The van der Waals surface area contributed by atoms with Gasteiger partial charge >= 0.3 is 12.0 Å². The largest absolute Gasteiger partial charge is 0.481 e. The Labute approximate surface area is 111 Å².